The highest BCUT2D eigenvalue weighted by Gasteiger charge is 2.16. The normalized spacial score (nSPS) is 10.5. The lowest BCUT2D eigenvalue weighted by Gasteiger charge is -2.22. The first-order valence-corrected chi connectivity index (χ1v) is 5.55. The Kier molecular flexibility index (Phi) is 3.74. The van der Waals surface area contributed by atoms with Gasteiger partial charge in [-0.25, -0.2) is 0 Å². The van der Waals surface area contributed by atoms with Gasteiger partial charge in [-0.05, 0) is 48.0 Å². The Hall–Kier alpha value is -1.03. The Morgan fingerprint density at radius 2 is 2.07 bits per heavy atom. The SMILES string of the molecule is CC(C)N(C)C(=O)c1cc(N)ccc1Br. The van der Waals surface area contributed by atoms with E-state index in [0.717, 1.165) is 4.47 Å². The zero-order valence-electron chi connectivity index (χ0n) is 9.12. The van der Waals surface area contributed by atoms with Crippen molar-refractivity contribution in [3.63, 3.8) is 0 Å². The molecule has 0 radical (unpaired) electrons. The smallest absolute Gasteiger partial charge is 0.255 e. The van der Waals surface area contributed by atoms with E-state index in [4.69, 9.17) is 5.73 Å². The van der Waals surface area contributed by atoms with Gasteiger partial charge in [-0.3, -0.25) is 4.79 Å². The van der Waals surface area contributed by atoms with Crippen molar-refractivity contribution < 1.29 is 4.79 Å². The fourth-order valence-corrected chi connectivity index (χ4v) is 1.55. The van der Waals surface area contributed by atoms with Gasteiger partial charge in [-0.2, -0.15) is 0 Å². The number of halogens is 1. The molecule has 3 nitrogen and oxygen atoms in total. The molecule has 1 amide bonds. The highest BCUT2D eigenvalue weighted by molar-refractivity contribution is 9.10. The number of carbonyl (C=O) groups is 1. The molecule has 0 fully saturated rings. The molecule has 0 aliphatic carbocycles. The number of nitrogens with zero attached hydrogens (tertiary/aromatic N) is 1. The van der Waals surface area contributed by atoms with Crippen molar-refractivity contribution in [2.75, 3.05) is 12.8 Å². The topological polar surface area (TPSA) is 46.3 Å². The molecule has 1 aromatic carbocycles. The van der Waals surface area contributed by atoms with E-state index in [1.54, 1.807) is 30.1 Å². The summed E-state index contributed by atoms with van der Waals surface area (Å²) in [4.78, 5) is 13.7. The number of nitrogens with two attached hydrogens (primary N) is 1. The summed E-state index contributed by atoms with van der Waals surface area (Å²) in [5.74, 6) is -0.0239. The van der Waals surface area contributed by atoms with E-state index in [1.165, 1.54) is 0 Å². The van der Waals surface area contributed by atoms with Crippen LogP contribution in [0.15, 0.2) is 22.7 Å². The van der Waals surface area contributed by atoms with Gasteiger partial charge in [0.15, 0.2) is 0 Å². The van der Waals surface area contributed by atoms with E-state index in [0.29, 0.717) is 11.3 Å². The highest BCUT2D eigenvalue weighted by atomic mass is 79.9. The van der Waals surface area contributed by atoms with Gasteiger partial charge in [-0.15, -0.1) is 0 Å². The summed E-state index contributed by atoms with van der Waals surface area (Å²) in [6, 6.07) is 5.41. The Labute approximate surface area is 98.4 Å². The van der Waals surface area contributed by atoms with Crippen molar-refractivity contribution in [1.82, 2.24) is 4.90 Å². The minimum Gasteiger partial charge on any atom is -0.399 e. The predicted molar refractivity (Wildman–Crippen MR) is 65.8 cm³/mol. The zero-order chi connectivity index (χ0) is 11.6. The van der Waals surface area contributed by atoms with Crippen LogP contribution in [0.1, 0.15) is 24.2 Å². The Bertz CT molecular complexity index is 377. The molecule has 1 rings (SSSR count). The van der Waals surface area contributed by atoms with Gasteiger partial charge < -0.3 is 10.6 Å². The van der Waals surface area contributed by atoms with Crippen LogP contribution in [0.2, 0.25) is 0 Å². The number of hydrogen-bond donors (Lipinski definition) is 1. The molecule has 0 aliphatic rings. The number of rotatable bonds is 2. The maximum absolute atomic E-state index is 12.0. The van der Waals surface area contributed by atoms with E-state index in [9.17, 15) is 4.79 Å². The van der Waals surface area contributed by atoms with Crippen LogP contribution >= 0.6 is 15.9 Å². The zero-order valence-corrected chi connectivity index (χ0v) is 10.7. The third kappa shape index (κ3) is 2.72. The van der Waals surface area contributed by atoms with Gasteiger partial charge in [0.25, 0.3) is 5.91 Å². The van der Waals surface area contributed by atoms with Crippen molar-refractivity contribution >= 4 is 27.5 Å². The summed E-state index contributed by atoms with van der Waals surface area (Å²) in [5.41, 5.74) is 6.85. The first-order chi connectivity index (χ1) is 6.93. The molecule has 0 aromatic heterocycles. The summed E-state index contributed by atoms with van der Waals surface area (Å²) in [6.45, 7) is 3.94. The number of anilines is 1. The van der Waals surface area contributed by atoms with Crippen molar-refractivity contribution in [1.29, 1.82) is 0 Å². The quantitative estimate of drug-likeness (QED) is 0.840. The second-order valence-corrected chi connectivity index (χ2v) is 4.60. The number of nitrogen functional groups attached to an aromatic ring is 1. The minimum absolute atomic E-state index is 0.0239. The monoisotopic (exact) mass is 270 g/mol. The van der Waals surface area contributed by atoms with Crippen molar-refractivity contribution in [2.45, 2.75) is 19.9 Å². The van der Waals surface area contributed by atoms with Crippen molar-refractivity contribution in [3.05, 3.63) is 28.2 Å². The highest BCUT2D eigenvalue weighted by Crippen LogP contribution is 2.21. The van der Waals surface area contributed by atoms with E-state index in [1.807, 2.05) is 13.8 Å². The molecule has 82 valence electrons. The van der Waals surface area contributed by atoms with E-state index in [2.05, 4.69) is 15.9 Å². The molecule has 15 heavy (non-hydrogen) atoms. The molecule has 0 atom stereocenters. The molecule has 0 saturated carbocycles. The number of hydrogen-bond acceptors (Lipinski definition) is 2. The summed E-state index contributed by atoms with van der Waals surface area (Å²) in [5, 5.41) is 0. The summed E-state index contributed by atoms with van der Waals surface area (Å²) >= 11 is 3.35. The van der Waals surface area contributed by atoms with Crippen LogP contribution in [0.3, 0.4) is 0 Å². The van der Waals surface area contributed by atoms with Crippen LogP contribution in [0.25, 0.3) is 0 Å². The van der Waals surface area contributed by atoms with Crippen molar-refractivity contribution in [2.24, 2.45) is 0 Å². The third-order valence-electron chi connectivity index (χ3n) is 2.32. The molecule has 0 spiro atoms. The number of benzene rings is 1. The lowest BCUT2D eigenvalue weighted by Crippen LogP contribution is -2.33. The van der Waals surface area contributed by atoms with Crippen LogP contribution in [-0.4, -0.2) is 23.9 Å². The Balaban J connectivity index is 3.05. The first-order valence-electron chi connectivity index (χ1n) is 4.75. The maximum Gasteiger partial charge on any atom is 0.255 e. The summed E-state index contributed by atoms with van der Waals surface area (Å²) in [7, 11) is 1.78. The van der Waals surface area contributed by atoms with Crippen LogP contribution < -0.4 is 5.73 Å². The molecule has 1 aromatic rings. The van der Waals surface area contributed by atoms with E-state index >= 15 is 0 Å². The third-order valence-corrected chi connectivity index (χ3v) is 3.01. The van der Waals surface area contributed by atoms with Crippen LogP contribution in [0, 0.1) is 0 Å². The molecule has 0 bridgehead atoms. The van der Waals surface area contributed by atoms with Gasteiger partial charge in [0.05, 0.1) is 5.56 Å². The molecule has 4 heteroatoms. The van der Waals surface area contributed by atoms with Crippen LogP contribution in [-0.2, 0) is 0 Å². The van der Waals surface area contributed by atoms with Crippen LogP contribution in [0.5, 0.6) is 0 Å². The second-order valence-electron chi connectivity index (χ2n) is 3.75. The Morgan fingerprint density at radius 1 is 1.47 bits per heavy atom. The average molecular weight is 271 g/mol. The van der Waals surface area contributed by atoms with Crippen molar-refractivity contribution in [3.8, 4) is 0 Å². The summed E-state index contributed by atoms with van der Waals surface area (Å²) < 4.78 is 0.772. The molecule has 2 N–H and O–H groups in total. The van der Waals surface area contributed by atoms with Gasteiger partial charge in [0.2, 0.25) is 0 Å². The second kappa shape index (κ2) is 4.66. The van der Waals surface area contributed by atoms with Gasteiger partial charge >= 0.3 is 0 Å². The fraction of sp³-hybridized carbons (Fsp3) is 0.364. The van der Waals surface area contributed by atoms with Gasteiger partial charge in [-0.1, -0.05) is 0 Å². The van der Waals surface area contributed by atoms with Gasteiger partial charge in [0.1, 0.15) is 0 Å². The lowest BCUT2D eigenvalue weighted by atomic mass is 10.1. The molecular weight excluding hydrogens is 256 g/mol. The molecule has 0 heterocycles. The maximum atomic E-state index is 12.0. The van der Waals surface area contributed by atoms with E-state index < -0.39 is 0 Å². The average Bonchev–Trinajstić information content (AvgIpc) is 2.19. The van der Waals surface area contributed by atoms with Crippen LogP contribution in [0.4, 0.5) is 5.69 Å². The summed E-state index contributed by atoms with van der Waals surface area (Å²) in [6.07, 6.45) is 0. The Morgan fingerprint density at radius 3 is 2.60 bits per heavy atom. The van der Waals surface area contributed by atoms with Gasteiger partial charge in [0, 0.05) is 23.2 Å². The number of amides is 1. The molecule has 0 unspecified atom stereocenters. The molecular formula is C11H15BrN2O. The molecule has 0 saturated heterocycles. The van der Waals surface area contributed by atoms with E-state index in [-0.39, 0.29) is 11.9 Å². The number of carbonyl (C=O) groups excluding carboxylic acids is 1. The fourth-order valence-electron chi connectivity index (χ4n) is 1.13. The molecule has 0 aliphatic heterocycles. The minimum atomic E-state index is -0.0239. The predicted octanol–water partition coefficient (Wildman–Crippen LogP) is 2.51. The largest absolute Gasteiger partial charge is 0.399 e. The standard InChI is InChI=1S/C11H15BrN2O/c1-7(2)14(3)11(15)9-6-8(13)4-5-10(9)12/h4-7H,13H2,1-3H3. The first kappa shape index (κ1) is 12.0. The lowest BCUT2D eigenvalue weighted by molar-refractivity contribution is 0.0754.